The van der Waals surface area contributed by atoms with Crippen molar-refractivity contribution in [1.82, 2.24) is 15.1 Å². The number of hydrogen-bond donors (Lipinski definition) is 1. The van der Waals surface area contributed by atoms with E-state index in [4.69, 9.17) is 0 Å². The van der Waals surface area contributed by atoms with Gasteiger partial charge in [-0.1, -0.05) is 29.8 Å². The largest absolute Gasteiger partial charge is 0.305 e. The summed E-state index contributed by atoms with van der Waals surface area (Å²) in [6.07, 6.45) is 6.56. The van der Waals surface area contributed by atoms with Gasteiger partial charge in [-0.05, 0) is 44.2 Å². The number of aryl methyl sites for hydroxylation is 1. The topological polar surface area (TPSA) is 29.9 Å². The van der Waals surface area contributed by atoms with Gasteiger partial charge in [-0.3, -0.25) is 4.68 Å². The Morgan fingerprint density at radius 1 is 1.30 bits per heavy atom. The maximum atomic E-state index is 4.28. The third-order valence-corrected chi connectivity index (χ3v) is 4.01. The molecule has 20 heavy (non-hydrogen) atoms. The fourth-order valence-electron chi connectivity index (χ4n) is 2.76. The molecule has 1 aromatic carbocycles. The lowest BCUT2D eigenvalue weighted by atomic mass is 10.0. The average Bonchev–Trinajstić information content (AvgIpc) is 3.16. The Hall–Kier alpha value is -1.61. The molecule has 1 N–H and O–H groups in total. The average molecular weight is 269 g/mol. The first-order chi connectivity index (χ1) is 9.72. The van der Waals surface area contributed by atoms with E-state index in [1.54, 1.807) is 0 Å². The molecular weight excluding hydrogens is 246 g/mol. The van der Waals surface area contributed by atoms with Gasteiger partial charge in [0.05, 0.1) is 6.54 Å². The van der Waals surface area contributed by atoms with E-state index in [-0.39, 0.29) is 0 Å². The van der Waals surface area contributed by atoms with Gasteiger partial charge in [-0.15, -0.1) is 0 Å². The monoisotopic (exact) mass is 269 g/mol. The van der Waals surface area contributed by atoms with Gasteiger partial charge in [-0.25, -0.2) is 0 Å². The predicted molar refractivity (Wildman–Crippen MR) is 81.5 cm³/mol. The normalized spacial score (nSPS) is 17.9. The molecular formula is C17H23N3. The lowest BCUT2D eigenvalue weighted by Crippen LogP contribution is -2.35. The molecule has 1 aliphatic carbocycles. The van der Waals surface area contributed by atoms with Crippen LogP contribution in [0.15, 0.2) is 42.7 Å². The third-order valence-electron chi connectivity index (χ3n) is 4.01. The summed E-state index contributed by atoms with van der Waals surface area (Å²) < 4.78 is 2.00. The van der Waals surface area contributed by atoms with Crippen LogP contribution in [0.3, 0.4) is 0 Å². The molecule has 0 radical (unpaired) electrons. The summed E-state index contributed by atoms with van der Waals surface area (Å²) in [5.41, 5.74) is 2.75. The second-order valence-electron chi connectivity index (χ2n) is 6.02. The van der Waals surface area contributed by atoms with Crippen LogP contribution in [0.1, 0.15) is 36.9 Å². The Bertz CT molecular complexity index is 526. The second-order valence-corrected chi connectivity index (χ2v) is 6.02. The maximum absolute atomic E-state index is 4.28. The lowest BCUT2D eigenvalue weighted by Gasteiger charge is -2.24. The third kappa shape index (κ3) is 3.28. The molecule has 1 aliphatic rings. The van der Waals surface area contributed by atoms with Crippen LogP contribution < -0.4 is 5.32 Å². The zero-order valence-corrected chi connectivity index (χ0v) is 12.3. The van der Waals surface area contributed by atoms with E-state index in [0.29, 0.717) is 12.1 Å². The number of rotatable bonds is 6. The Morgan fingerprint density at radius 3 is 2.65 bits per heavy atom. The van der Waals surface area contributed by atoms with Crippen molar-refractivity contribution in [2.45, 2.75) is 45.3 Å². The van der Waals surface area contributed by atoms with Gasteiger partial charge in [0, 0.05) is 24.5 Å². The van der Waals surface area contributed by atoms with Crippen molar-refractivity contribution in [3.8, 4) is 0 Å². The summed E-state index contributed by atoms with van der Waals surface area (Å²) >= 11 is 0. The van der Waals surface area contributed by atoms with Crippen molar-refractivity contribution in [2.24, 2.45) is 5.92 Å². The van der Waals surface area contributed by atoms with Crippen molar-refractivity contribution >= 4 is 0 Å². The van der Waals surface area contributed by atoms with E-state index in [2.05, 4.69) is 48.5 Å². The van der Waals surface area contributed by atoms with Gasteiger partial charge in [-0.2, -0.15) is 5.10 Å². The van der Waals surface area contributed by atoms with E-state index in [0.717, 1.165) is 12.5 Å². The molecule has 3 rings (SSSR count). The summed E-state index contributed by atoms with van der Waals surface area (Å²) in [6.45, 7) is 5.30. The number of hydrogen-bond acceptors (Lipinski definition) is 2. The summed E-state index contributed by atoms with van der Waals surface area (Å²) in [6, 6.07) is 11.8. The Morgan fingerprint density at radius 2 is 2.05 bits per heavy atom. The molecule has 2 atom stereocenters. The van der Waals surface area contributed by atoms with Crippen LogP contribution in [0, 0.1) is 12.8 Å². The van der Waals surface area contributed by atoms with Crippen molar-refractivity contribution in [3.05, 3.63) is 53.9 Å². The smallest absolute Gasteiger partial charge is 0.0560 e. The van der Waals surface area contributed by atoms with Gasteiger partial charge in [0.15, 0.2) is 0 Å². The van der Waals surface area contributed by atoms with Gasteiger partial charge >= 0.3 is 0 Å². The molecule has 0 saturated heterocycles. The second kappa shape index (κ2) is 5.80. The molecule has 2 unspecified atom stereocenters. The molecule has 0 bridgehead atoms. The molecule has 2 aromatic rings. The van der Waals surface area contributed by atoms with Gasteiger partial charge in [0.2, 0.25) is 0 Å². The Labute approximate surface area is 121 Å². The molecule has 0 spiro atoms. The number of nitrogens with zero attached hydrogens (tertiary/aromatic N) is 2. The Balaban J connectivity index is 1.66. The minimum atomic E-state index is 0.418. The zero-order chi connectivity index (χ0) is 13.9. The van der Waals surface area contributed by atoms with Crippen LogP contribution in [0.5, 0.6) is 0 Å². The summed E-state index contributed by atoms with van der Waals surface area (Å²) in [7, 11) is 0. The zero-order valence-electron chi connectivity index (χ0n) is 12.3. The molecule has 1 heterocycles. The number of aromatic nitrogens is 2. The Kier molecular flexibility index (Phi) is 3.88. The molecule has 1 saturated carbocycles. The van der Waals surface area contributed by atoms with Crippen molar-refractivity contribution in [3.63, 3.8) is 0 Å². The van der Waals surface area contributed by atoms with Crippen molar-refractivity contribution in [2.75, 3.05) is 0 Å². The number of benzene rings is 1. The van der Waals surface area contributed by atoms with Gasteiger partial charge in [0.25, 0.3) is 0 Å². The van der Waals surface area contributed by atoms with Crippen LogP contribution >= 0.6 is 0 Å². The van der Waals surface area contributed by atoms with E-state index < -0.39 is 0 Å². The first-order valence-corrected chi connectivity index (χ1v) is 7.52. The van der Waals surface area contributed by atoms with Crippen LogP contribution in [-0.2, 0) is 6.54 Å². The molecule has 0 aliphatic heterocycles. The highest BCUT2D eigenvalue weighted by Gasteiger charge is 2.32. The highest BCUT2D eigenvalue weighted by Crippen LogP contribution is 2.41. The van der Waals surface area contributed by atoms with E-state index in [9.17, 15) is 0 Å². The van der Waals surface area contributed by atoms with Crippen molar-refractivity contribution in [1.29, 1.82) is 0 Å². The van der Waals surface area contributed by atoms with Gasteiger partial charge < -0.3 is 5.32 Å². The van der Waals surface area contributed by atoms with Crippen LogP contribution in [-0.4, -0.2) is 15.8 Å². The highest BCUT2D eigenvalue weighted by atomic mass is 15.3. The van der Waals surface area contributed by atoms with E-state index in [1.807, 2.05) is 23.1 Å². The first-order valence-electron chi connectivity index (χ1n) is 7.52. The molecule has 1 aromatic heterocycles. The summed E-state index contributed by atoms with van der Waals surface area (Å²) in [4.78, 5) is 0. The SMILES string of the molecule is Cc1ccc(C(NC(C)Cn2cccn2)C2CC2)cc1. The highest BCUT2D eigenvalue weighted by molar-refractivity contribution is 5.25. The fraction of sp³-hybridized carbons (Fsp3) is 0.471. The summed E-state index contributed by atoms with van der Waals surface area (Å²) in [5, 5.41) is 8.08. The summed E-state index contributed by atoms with van der Waals surface area (Å²) in [5.74, 6) is 0.803. The minimum absolute atomic E-state index is 0.418. The first kappa shape index (κ1) is 13.4. The molecule has 3 heteroatoms. The maximum Gasteiger partial charge on any atom is 0.0560 e. The van der Waals surface area contributed by atoms with Crippen LogP contribution in [0.2, 0.25) is 0 Å². The molecule has 1 fully saturated rings. The minimum Gasteiger partial charge on any atom is -0.305 e. The van der Waals surface area contributed by atoms with E-state index >= 15 is 0 Å². The van der Waals surface area contributed by atoms with E-state index in [1.165, 1.54) is 24.0 Å². The fourth-order valence-corrected chi connectivity index (χ4v) is 2.76. The molecule has 0 amide bonds. The van der Waals surface area contributed by atoms with Crippen molar-refractivity contribution < 1.29 is 0 Å². The number of nitrogens with one attached hydrogen (secondary N) is 1. The lowest BCUT2D eigenvalue weighted by molar-refractivity contribution is 0.375. The van der Waals surface area contributed by atoms with Gasteiger partial charge in [0.1, 0.15) is 0 Å². The standard InChI is InChI=1S/C17H23N3/c1-13-4-6-15(7-5-13)17(16-8-9-16)19-14(2)12-20-11-3-10-18-20/h3-7,10-11,14,16-17,19H,8-9,12H2,1-2H3. The predicted octanol–water partition coefficient (Wildman–Crippen LogP) is 3.32. The van der Waals surface area contributed by atoms with Crippen LogP contribution in [0.25, 0.3) is 0 Å². The molecule has 106 valence electrons. The molecule has 3 nitrogen and oxygen atoms in total. The quantitative estimate of drug-likeness (QED) is 0.872. The van der Waals surface area contributed by atoms with Crippen LogP contribution in [0.4, 0.5) is 0 Å².